The predicted octanol–water partition coefficient (Wildman–Crippen LogP) is 5.39. The van der Waals surface area contributed by atoms with Crippen molar-refractivity contribution in [1.29, 1.82) is 0 Å². The largest absolute Gasteiger partial charge is 0.494 e. The lowest BCUT2D eigenvalue weighted by Gasteiger charge is -2.37. The number of hydrogen-bond donors (Lipinski definition) is 1. The predicted molar refractivity (Wildman–Crippen MR) is 183 cm³/mol. The molecule has 46 heavy (non-hydrogen) atoms. The van der Waals surface area contributed by atoms with Crippen molar-refractivity contribution in [3.63, 3.8) is 0 Å². The first-order chi connectivity index (χ1) is 22.2. The second kappa shape index (κ2) is 14.7. The maximum absolute atomic E-state index is 14.7. The molecule has 3 heterocycles. The molecule has 2 bridgehead atoms. The monoisotopic (exact) mass is 713 g/mol. The van der Waals surface area contributed by atoms with E-state index >= 15 is 0 Å². The number of nitrogens with zero attached hydrogens (tertiary/aromatic N) is 3. The quantitative estimate of drug-likeness (QED) is 0.151. The van der Waals surface area contributed by atoms with Crippen LogP contribution in [-0.2, 0) is 19.1 Å². The number of fused-ring (bicyclic) bond motifs is 1. The number of aliphatic hydroxyl groups excluding tert-OH is 1. The number of rotatable bonds is 15. The van der Waals surface area contributed by atoms with Crippen molar-refractivity contribution in [2.45, 2.75) is 55.2 Å². The van der Waals surface area contributed by atoms with Crippen molar-refractivity contribution in [2.75, 3.05) is 42.6 Å². The van der Waals surface area contributed by atoms with Crippen molar-refractivity contribution in [3.8, 4) is 5.75 Å². The molecule has 0 aromatic heterocycles. The van der Waals surface area contributed by atoms with Gasteiger partial charge in [-0.3, -0.25) is 14.4 Å². The summed E-state index contributed by atoms with van der Waals surface area (Å²) in [6, 6.07) is 13.2. The minimum atomic E-state index is -1.21. The lowest BCUT2D eigenvalue weighted by atomic mass is 9.70. The zero-order valence-electron chi connectivity index (χ0n) is 26.0. The summed E-state index contributed by atoms with van der Waals surface area (Å²) in [5.41, 5.74) is 0.0506. The van der Waals surface area contributed by atoms with Crippen LogP contribution in [0.2, 0.25) is 5.02 Å². The van der Waals surface area contributed by atoms with Crippen LogP contribution in [0.3, 0.4) is 0 Å². The van der Waals surface area contributed by atoms with Gasteiger partial charge in [0.1, 0.15) is 17.4 Å². The van der Waals surface area contributed by atoms with Gasteiger partial charge < -0.3 is 29.3 Å². The summed E-state index contributed by atoms with van der Waals surface area (Å²) in [5.74, 6) is -1.80. The minimum absolute atomic E-state index is 0.0455. The molecule has 246 valence electrons. The van der Waals surface area contributed by atoms with E-state index in [9.17, 15) is 19.5 Å². The molecular weight excluding hydrogens is 674 g/mol. The van der Waals surface area contributed by atoms with E-state index in [1.165, 1.54) is 0 Å². The van der Waals surface area contributed by atoms with E-state index in [0.29, 0.717) is 61.0 Å². The minimum Gasteiger partial charge on any atom is -0.494 e. The van der Waals surface area contributed by atoms with Crippen LogP contribution in [0.15, 0.2) is 73.8 Å². The molecule has 9 nitrogen and oxygen atoms in total. The number of ether oxygens (including phenoxy) is 2. The molecule has 2 aromatic rings. The van der Waals surface area contributed by atoms with Crippen LogP contribution < -0.4 is 14.5 Å². The number of aliphatic hydroxyl groups is 1. The number of anilines is 2. The molecule has 3 aliphatic rings. The first-order valence-electron chi connectivity index (χ1n) is 15.8. The Morgan fingerprint density at radius 3 is 2.24 bits per heavy atom. The molecule has 5 rings (SSSR count). The molecule has 3 saturated heterocycles. The summed E-state index contributed by atoms with van der Waals surface area (Å²) in [4.78, 5) is 48.4. The number of carbonyl (C=O) groups excluding carboxylic acids is 3. The normalized spacial score (nSPS) is 26.1. The molecule has 0 saturated carbocycles. The topological polar surface area (TPSA) is 99.6 Å². The molecule has 0 radical (unpaired) electrons. The van der Waals surface area contributed by atoms with Gasteiger partial charge in [0.25, 0.3) is 5.91 Å². The summed E-state index contributed by atoms with van der Waals surface area (Å²) < 4.78 is 12.3. The van der Waals surface area contributed by atoms with Gasteiger partial charge >= 0.3 is 0 Å². The standard InChI is InChI=1S/C35H41BrClN3O6/c1-4-18-38(25-14-16-26(17-15-25)45-6-3)32(42)28-29-33(43)40(20-8-7-9-21-41)31(35(29)22-27(36)30(28)46-35)34(44)39(19-5-2)24-12-10-23(37)11-13-24/h4-5,10-17,27-31,41H,1-2,6-9,18-22H2,3H3/t27?,28-,29-,30-,31?,35?/m0/s1. The lowest BCUT2D eigenvalue weighted by Crippen LogP contribution is -2.57. The number of amides is 3. The third-order valence-electron chi connectivity index (χ3n) is 9.12. The van der Waals surface area contributed by atoms with Crippen molar-refractivity contribution in [3.05, 3.63) is 78.9 Å². The van der Waals surface area contributed by atoms with E-state index in [1.54, 1.807) is 51.1 Å². The third-order valence-corrected chi connectivity index (χ3v) is 10.2. The summed E-state index contributed by atoms with van der Waals surface area (Å²) in [5, 5.41) is 9.89. The van der Waals surface area contributed by atoms with Crippen LogP contribution in [0, 0.1) is 11.8 Å². The number of alkyl halides is 1. The smallest absolute Gasteiger partial charge is 0.253 e. The van der Waals surface area contributed by atoms with Crippen molar-refractivity contribution >= 4 is 56.6 Å². The first kappa shape index (κ1) is 34.2. The molecule has 1 N–H and O–H groups in total. The number of unbranched alkanes of at least 4 members (excludes halogenated alkanes) is 2. The highest BCUT2D eigenvalue weighted by molar-refractivity contribution is 9.09. The Bertz CT molecular complexity index is 1440. The Morgan fingerprint density at radius 2 is 1.65 bits per heavy atom. The number of carbonyl (C=O) groups is 3. The van der Waals surface area contributed by atoms with E-state index in [4.69, 9.17) is 21.1 Å². The van der Waals surface area contributed by atoms with E-state index in [2.05, 4.69) is 29.1 Å². The highest BCUT2D eigenvalue weighted by Crippen LogP contribution is 2.60. The van der Waals surface area contributed by atoms with Crippen molar-refractivity contribution in [2.24, 2.45) is 11.8 Å². The average Bonchev–Trinajstić information content (AvgIpc) is 3.64. The van der Waals surface area contributed by atoms with Gasteiger partial charge in [-0.25, -0.2) is 0 Å². The van der Waals surface area contributed by atoms with Crippen LogP contribution >= 0.6 is 27.5 Å². The SMILES string of the molecule is C=CCN(C(=O)C1N(CCCCCO)C(=O)[C@@H]2[C@H](C(=O)N(CC=C)c3ccc(OCC)cc3)[C@H]3OC12CC3Br)c1ccc(Cl)cc1. The molecule has 3 fully saturated rings. The number of halogens is 2. The van der Waals surface area contributed by atoms with Crippen LogP contribution in [0.25, 0.3) is 0 Å². The molecule has 3 amide bonds. The number of likely N-dealkylation sites (tertiary alicyclic amines) is 1. The Morgan fingerprint density at radius 1 is 1.04 bits per heavy atom. The van der Waals surface area contributed by atoms with Gasteiger partial charge in [0.15, 0.2) is 0 Å². The van der Waals surface area contributed by atoms with E-state index in [1.807, 2.05) is 31.2 Å². The van der Waals surface area contributed by atoms with Gasteiger partial charge in [0.2, 0.25) is 11.8 Å². The van der Waals surface area contributed by atoms with Gasteiger partial charge in [-0.05, 0) is 81.1 Å². The zero-order valence-corrected chi connectivity index (χ0v) is 28.4. The lowest BCUT2D eigenvalue weighted by molar-refractivity contribution is -0.140. The molecule has 0 aliphatic carbocycles. The van der Waals surface area contributed by atoms with Crippen LogP contribution in [0.5, 0.6) is 5.75 Å². The highest BCUT2D eigenvalue weighted by atomic mass is 79.9. The Hall–Kier alpha value is -3.18. The summed E-state index contributed by atoms with van der Waals surface area (Å²) in [7, 11) is 0. The third kappa shape index (κ3) is 6.24. The fourth-order valence-electron chi connectivity index (χ4n) is 7.24. The van der Waals surface area contributed by atoms with Gasteiger partial charge in [-0.1, -0.05) is 39.7 Å². The Kier molecular flexibility index (Phi) is 10.9. The van der Waals surface area contributed by atoms with Crippen LogP contribution in [0.1, 0.15) is 32.6 Å². The van der Waals surface area contributed by atoms with E-state index in [0.717, 1.165) is 0 Å². The maximum Gasteiger partial charge on any atom is 0.253 e. The first-order valence-corrected chi connectivity index (χ1v) is 17.1. The Balaban J connectivity index is 1.54. The van der Waals surface area contributed by atoms with Gasteiger partial charge in [-0.2, -0.15) is 0 Å². The van der Waals surface area contributed by atoms with Crippen LogP contribution in [-0.4, -0.2) is 83.2 Å². The fourth-order valence-corrected chi connectivity index (χ4v) is 8.31. The van der Waals surface area contributed by atoms with Crippen molar-refractivity contribution < 1.29 is 29.0 Å². The molecule has 11 heteroatoms. The van der Waals surface area contributed by atoms with E-state index < -0.39 is 29.6 Å². The number of benzene rings is 2. The average molecular weight is 715 g/mol. The Labute approximate surface area is 283 Å². The second-order valence-corrected chi connectivity index (χ2v) is 13.5. The highest BCUT2D eigenvalue weighted by Gasteiger charge is 2.77. The van der Waals surface area contributed by atoms with Gasteiger partial charge in [0.05, 0.1) is 24.5 Å². The fraction of sp³-hybridized carbons (Fsp3) is 0.457. The van der Waals surface area contributed by atoms with Crippen LogP contribution in [0.4, 0.5) is 11.4 Å². The maximum atomic E-state index is 14.7. The molecule has 6 atom stereocenters. The molecular formula is C35H41BrClN3O6. The number of hydrogen-bond acceptors (Lipinski definition) is 6. The van der Waals surface area contributed by atoms with Crippen molar-refractivity contribution in [1.82, 2.24) is 4.90 Å². The molecule has 3 unspecified atom stereocenters. The molecule has 1 spiro atoms. The summed E-state index contributed by atoms with van der Waals surface area (Å²) in [6.45, 7) is 10.9. The van der Waals surface area contributed by atoms with E-state index in [-0.39, 0.29) is 42.2 Å². The zero-order chi connectivity index (χ0) is 33.0. The molecule has 3 aliphatic heterocycles. The van der Waals surface area contributed by atoms with Gasteiger partial charge in [-0.15, -0.1) is 13.2 Å². The van der Waals surface area contributed by atoms with Gasteiger partial charge in [0, 0.05) is 47.5 Å². The summed E-state index contributed by atoms with van der Waals surface area (Å²) >= 11 is 9.93. The second-order valence-electron chi connectivity index (χ2n) is 11.9. The molecule has 2 aromatic carbocycles. The summed E-state index contributed by atoms with van der Waals surface area (Å²) in [6.07, 6.45) is 4.95.